The summed E-state index contributed by atoms with van der Waals surface area (Å²) in [7, 11) is 0. The highest BCUT2D eigenvalue weighted by molar-refractivity contribution is 5.98. The van der Waals surface area contributed by atoms with Crippen LogP contribution in [0.1, 0.15) is 87.9 Å². The summed E-state index contributed by atoms with van der Waals surface area (Å²) >= 11 is 0. The van der Waals surface area contributed by atoms with Gasteiger partial charge in [0.25, 0.3) is 0 Å². The molecule has 0 bridgehead atoms. The number of rotatable bonds is 6. The number of guanidine groups is 1. The van der Waals surface area contributed by atoms with Crippen LogP contribution in [0.4, 0.5) is 0 Å². The van der Waals surface area contributed by atoms with E-state index in [0.717, 1.165) is 35.4 Å². The van der Waals surface area contributed by atoms with Crippen LogP contribution in [0.15, 0.2) is 52.1 Å². The molecule has 1 fully saturated rings. The van der Waals surface area contributed by atoms with Crippen molar-refractivity contribution < 1.29 is 9.36 Å². The number of hydrogen-bond donors (Lipinski definition) is 2. The van der Waals surface area contributed by atoms with Gasteiger partial charge in [0.1, 0.15) is 6.61 Å². The van der Waals surface area contributed by atoms with Gasteiger partial charge in [-0.05, 0) is 59.3 Å². The van der Waals surface area contributed by atoms with Gasteiger partial charge in [0.05, 0.1) is 11.6 Å². The van der Waals surface area contributed by atoms with Crippen molar-refractivity contribution in [3.63, 3.8) is 0 Å². The van der Waals surface area contributed by atoms with Crippen LogP contribution >= 0.6 is 0 Å². The third kappa shape index (κ3) is 5.17. The number of likely N-dealkylation sites (tertiary alicyclic amines) is 1. The lowest BCUT2D eigenvalue weighted by atomic mass is 9.63. The number of fused-ring (bicyclic) bond motifs is 1. The van der Waals surface area contributed by atoms with Gasteiger partial charge in [0.2, 0.25) is 11.7 Å². The summed E-state index contributed by atoms with van der Waals surface area (Å²) < 4.78 is 5.52. The first-order valence-electron chi connectivity index (χ1n) is 13.4. The first-order chi connectivity index (χ1) is 18.0. The molecule has 1 aliphatic carbocycles. The molecule has 2 aliphatic rings. The molecule has 1 unspecified atom stereocenters. The fourth-order valence-electron chi connectivity index (χ4n) is 5.54. The fourth-order valence-corrected chi connectivity index (χ4v) is 5.54. The van der Waals surface area contributed by atoms with Crippen LogP contribution in [-0.4, -0.2) is 39.8 Å². The highest BCUT2D eigenvalue weighted by Gasteiger charge is 2.37. The molecule has 3 aromatic rings. The molecular weight excluding hydrogens is 476 g/mol. The van der Waals surface area contributed by atoms with Crippen molar-refractivity contribution in [1.29, 1.82) is 5.41 Å². The van der Waals surface area contributed by atoms with E-state index in [2.05, 4.69) is 61.2 Å². The topological polar surface area (TPSA) is 114 Å². The zero-order valence-electron chi connectivity index (χ0n) is 23.0. The summed E-state index contributed by atoms with van der Waals surface area (Å²) in [6, 6.07) is 14.7. The molecule has 8 nitrogen and oxygen atoms in total. The van der Waals surface area contributed by atoms with Gasteiger partial charge in [0.15, 0.2) is 5.96 Å². The van der Waals surface area contributed by atoms with Crippen LogP contribution in [0.2, 0.25) is 0 Å². The second-order valence-electron chi connectivity index (χ2n) is 11.9. The number of benzene rings is 2. The van der Waals surface area contributed by atoms with Crippen LogP contribution < -0.4 is 5.73 Å². The Morgan fingerprint density at radius 1 is 1.11 bits per heavy atom. The molecule has 8 heteroatoms. The average molecular weight is 515 g/mol. The van der Waals surface area contributed by atoms with Crippen molar-refractivity contribution in [1.82, 2.24) is 15.0 Å². The van der Waals surface area contributed by atoms with Crippen molar-refractivity contribution >= 4 is 11.7 Å². The molecule has 1 atom stereocenters. The summed E-state index contributed by atoms with van der Waals surface area (Å²) in [5.74, 6) is 1.32. The van der Waals surface area contributed by atoms with E-state index >= 15 is 0 Å². The van der Waals surface area contributed by atoms with Crippen molar-refractivity contribution in [2.75, 3.05) is 13.1 Å². The van der Waals surface area contributed by atoms with E-state index in [0.29, 0.717) is 24.9 Å². The van der Waals surface area contributed by atoms with Gasteiger partial charge >= 0.3 is 0 Å². The first-order valence-corrected chi connectivity index (χ1v) is 13.4. The molecule has 200 valence electrons. The van der Waals surface area contributed by atoms with Crippen molar-refractivity contribution in [3.8, 4) is 11.4 Å². The normalized spacial score (nSPS) is 20.3. The fraction of sp³-hybridized carbons (Fsp3) is 0.467. The van der Waals surface area contributed by atoms with Gasteiger partial charge in [-0.15, -0.1) is 0 Å². The molecule has 38 heavy (non-hydrogen) atoms. The van der Waals surface area contributed by atoms with Crippen molar-refractivity contribution in [2.24, 2.45) is 10.9 Å². The zero-order valence-corrected chi connectivity index (χ0v) is 23.0. The SMILES string of the molecule is CC(=NOCc1ccc2c(c1)C(C)(C)CCC2(C)C)c1ccc(-c2noc(C3CCN(C(=N)N)C3)n2)cc1. The van der Waals surface area contributed by atoms with Crippen molar-refractivity contribution in [3.05, 3.63) is 70.6 Å². The van der Waals surface area contributed by atoms with E-state index in [9.17, 15) is 0 Å². The number of oxime groups is 1. The maximum absolute atomic E-state index is 7.60. The van der Waals surface area contributed by atoms with Crippen LogP contribution in [0.3, 0.4) is 0 Å². The van der Waals surface area contributed by atoms with Gasteiger partial charge in [0, 0.05) is 18.7 Å². The minimum atomic E-state index is 0.0829. The molecule has 2 aromatic carbocycles. The van der Waals surface area contributed by atoms with Crippen LogP contribution in [-0.2, 0) is 22.3 Å². The van der Waals surface area contributed by atoms with Crippen LogP contribution in [0.5, 0.6) is 0 Å². The van der Waals surface area contributed by atoms with Gasteiger partial charge in [-0.2, -0.15) is 4.98 Å². The molecule has 0 saturated carbocycles. The molecule has 1 saturated heterocycles. The Kier molecular flexibility index (Phi) is 6.75. The second kappa shape index (κ2) is 9.89. The van der Waals surface area contributed by atoms with E-state index in [1.54, 1.807) is 0 Å². The van der Waals surface area contributed by atoms with Gasteiger partial charge < -0.3 is 20.0 Å². The maximum atomic E-state index is 7.60. The van der Waals surface area contributed by atoms with E-state index in [4.69, 9.17) is 20.5 Å². The zero-order chi connectivity index (χ0) is 27.1. The molecule has 5 rings (SSSR count). The third-order valence-electron chi connectivity index (χ3n) is 8.23. The molecule has 1 aromatic heterocycles. The quantitative estimate of drug-likeness (QED) is 0.247. The minimum Gasteiger partial charge on any atom is -0.391 e. The average Bonchev–Trinajstić information content (AvgIpc) is 3.57. The number of hydrogen-bond acceptors (Lipinski definition) is 6. The largest absolute Gasteiger partial charge is 0.391 e. The highest BCUT2D eigenvalue weighted by Crippen LogP contribution is 2.46. The lowest BCUT2D eigenvalue weighted by molar-refractivity contribution is 0.130. The lowest BCUT2D eigenvalue weighted by Gasteiger charge is -2.42. The van der Waals surface area contributed by atoms with E-state index < -0.39 is 0 Å². The number of nitrogens with zero attached hydrogens (tertiary/aromatic N) is 4. The minimum absolute atomic E-state index is 0.0829. The molecule has 1 aliphatic heterocycles. The predicted molar refractivity (Wildman–Crippen MR) is 149 cm³/mol. The second-order valence-corrected chi connectivity index (χ2v) is 11.9. The summed E-state index contributed by atoms with van der Waals surface area (Å²) in [6.45, 7) is 13.1. The molecule has 3 N–H and O–H groups in total. The summed E-state index contributed by atoms with van der Waals surface area (Å²) in [5, 5.41) is 16.1. The Balaban J connectivity index is 1.22. The Morgan fingerprint density at radius 2 is 1.82 bits per heavy atom. The van der Waals surface area contributed by atoms with E-state index in [1.165, 1.54) is 24.0 Å². The number of nitrogens with one attached hydrogen (secondary N) is 1. The Bertz CT molecular complexity index is 1360. The van der Waals surface area contributed by atoms with Gasteiger partial charge in [-0.25, -0.2) is 0 Å². The number of aromatic nitrogens is 2. The Labute approximate surface area is 224 Å². The number of nitrogens with two attached hydrogens (primary N) is 1. The third-order valence-corrected chi connectivity index (χ3v) is 8.23. The van der Waals surface area contributed by atoms with E-state index in [-0.39, 0.29) is 22.7 Å². The summed E-state index contributed by atoms with van der Waals surface area (Å²) in [4.78, 5) is 12.2. The van der Waals surface area contributed by atoms with E-state index in [1.807, 2.05) is 36.1 Å². The standard InChI is InChI=1S/C30H38N6O2/c1-19(34-37-18-20-6-11-24-25(16-20)30(4,5)14-13-29(24,2)3)21-7-9-22(10-8-21)26-33-27(38-35-26)23-12-15-36(17-23)28(31)32/h6-11,16,23H,12-15,17-18H2,1-5H3,(H3,31,32). The highest BCUT2D eigenvalue weighted by atomic mass is 16.6. The molecule has 2 heterocycles. The summed E-state index contributed by atoms with van der Waals surface area (Å²) in [5.41, 5.74) is 12.7. The predicted octanol–water partition coefficient (Wildman–Crippen LogP) is 5.71. The van der Waals surface area contributed by atoms with Gasteiger partial charge in [-0.3, -0.25) is 5.41 Å². The smallest absolute Gasteiger partial charge is 0.231 e. The Hall–Kier alpha value is -3.68. The Morgan fingerprint density at radius 3 is 2.50 bits per heavy atom. The first kappa shape index (κ1) is 25.9. The molecule has 0 amide bonds. The monoisotopic (exact) mass is 514 g/mol. The molecule has 0 spiro atoms. The van der Waals surface area contributed by atoms with Crippen molar-refractivity contribution in [2.45, 2.75) is 77.2 Å². The molecular formula is C30H38N6O2. The molecule has 0 radical (unpaired) electrons. The summed E-state index contributed by atoms with van der Waals surface area (Å²) in [6.07, 6.45) is 3.24. The van der Waals surface area contributed by atoms with Crippen LogP contribution in [0, 0.1) is 5.41 Å². The van der Waals surface area contributed by atoms with Crippen LogP contribution in [0.25, 0.3) is 11.4 Å². The maximum Gasteiger partial charge on any atom is 0.231 e. The van der Waals surface area contributed by atoms with Gasteiger partial charge in [-0.1, -0.05) is 80.5 Å². The lowest BCUT2D eigenvalue weighted by Crippen LogP contribution is -2.34.